The fourth-order valence-electron chi connectivity index (χ4n) is 3.00. The number of thioether (sulfide) groups is 1. The molecule has 100 valence electrons. The van der Waals surface area contributed by atoms with Gasteiger partial charge in [0.2, 0.25) is 0 Å². The summed E-state index contributed by atoms with van der Waals surface area (Å²) < 4.78 is 0. The average Bonchev–Trinajstić information content (AvgIpc) is 2.32. The number of likely N-dealkylation sites (tertiary alicyclic amines) is 1. The molecule has 2 rings (SSSR count). The summed E-state index contributed by atoms with van der Waals surface area (Å²) >= 11 is 2.12. The molecule has 3 heteroatoms. The fraction of sp³-hybridized carbons (Fsp3) is 1.00. The molecule has 0 amide bonds. The van der Waals surface area contributed by atoms with Gasteiger partial charge in [-0.1, -0.05) is 13.8 Å². The maximum atomic E-state index is 3.89. The topological polar surface area (TPSA) is 15.3 Å². The normalized spacial score (nSPS) is 25.6. The minimum absolute atomic E-state index is 0.798. The summed E-state index contributed by atoms with van der Waals surface area (Å²) in [6.45, 7) is 8.54. The molecule has 0 aromatic heterocycles. The molecule has 2 saturated heterocycles. The second-order valence-corrected chi connectivity index (χ2v) is 7.25. The van der Waals surface area contributed by atoms with Crippen molar-refractivity contribution < 1.29 is 0 Å². The molecular weight excluding hydrogens is 228 g/mol. The van der Waals surface area contributed by atoms with E-state index in [1.807, 2.05) is 0 Å². The molecule has 0 atom stereocenters. The van der Waals surface area contributed by atoms with Crippen LogP contribution in [0.2, 0.25) is 0 Å². The van der Waals surface area contributed by atoms with E-state index in [0.717, 1.165) is 18.0 Å². The van der Waals surface area contributed by atoms with Crippen LogP contribution in [-0.4, -0.2) is 48.1 Å². The second-order valence-electron chi connectivity index (χ2n) is 6.02. The van der Waals surface area contributed by atoms with Crippen LogP contribution < -0.4 is 5.32 Å². The predicted octanol–water partition coefficient (Wildman–Crippen LogP) is 2.59. The van der Waals surface area contributed by atoms with Crippen molar-refractivity contribution in [2.75, 3.05) is 31.1 Å². The second kappa shape index (κ2) is 7.01. The Morgan fingerprint density at radius 3 is 2.24 bits per heavy atom. The molecule has 2 nitrogen and oxygen atoms in total. The van der Waals surface area contributed by atoms with Gasteiger partial charge < -0.3 is 10.2 Å². The SMILES string of the molecule is CC(C)CN1CCC(NC2CCSCC2)CC1. The van der Waals surface area contributed by atoms with Crippen LogP contribution in [0.25, 0.3) is 0 Å². The highest BCUT2D eigenvalue weighted by atomic mass is 32.2. The van der Waals surface area contributed by atoms with Gasteiger partial charge in [0.15, 0.2) is 0 Å². The number of hydrogen-bond acceptors (Lipinski definition) is 3. The van der Waals surface area contributed by atoms with Crippen LogP contribution in [0.3, 0.4) is 0 Å². The Morgan fingerprint density at radius 2 is 1.65 bits per heavy atom. The molecular formula is C14H28N2S. The summed E-state index contributed by atoms with van der Waals surface area (Å²) in [4.78, 5) is 2.64. The first kappa shape index (κ1) is 13.7. The van der Waals surface area contributed by atoms with E-state index in [-0.39, 0.29) is 0 Å². The fourth-order valence-corrected chi connectivity index (χ4v) is 4.10. The monoisotopic (exact) mass is 256 g/mol. The zero-order valence-electron chi connectivity index (χ0n) is 11.5. The predicted molar refractivity (Wildman–Crippen MR) is 77.8 cm³/mol. The van der Waals surface area contributed by atoms with Crippen molar-refractivity contribution >= 4 is 11.8 Å². The highest BCUT2D eigenvalue weighted by Crippen LogP contribution is 2.19. The van der Waals surface area contributed by atoms with Gasteiger partial charge in [0, 0.05) is 18.6 Å². The first-order valence-electron chi connectivity index (χ1n) is 7.30. The van der Waals surface area contributed by atoms with Gasteiger partial charge in [-0.25, -0.2) is 0 Å². The van der Waals surface area contributed by atoms with E-state index in [0.29, 0.717) is 0 Å². The number of nitrogens with zero attached hydrogens (tertiary/aromatic N) is 1. The first-order valence-corrected chi connectivity index (χ1v) is 8.45. The number of rotatable bonds is 4. The van der Waals surface area contributed by atoms with Gasteiger partial charge in [-0.15, -0.1) is 0 Å². The van der Waals surface area contributed by atoms with Crippen molar-refractivity contribution in [2.45, 2.75) is 51.6 Å². The van der Waals surface area contributed by atoms with Crippen molar-refractivity contribution in [1.29, 1.82) is 0 Å². The van der Waals surface area contributed by atoms with Crippen LogP contribution in [0.1, 0.15) is 39.5 Å². The molecule has 0 aromatic carbocycles. The lowest BCUT2D eigenvalue weighted by Gasteiger charge is -2.36. The third kappa shape index (κ3) is 4.80. The van der Waals surface area contributed by atoms with Gasteiger partial charge in [0.25, 0.3) is 0 Å². The third-order valence-electron chi connectivity index (χ3n) is 3.90. The summed E-state index contributed by atoms with van der Waals surface area (Å²) in [5.74, 6) is 3.54. The zero-order valence-corrected chi connectivity index (χ0v) is 12.3. The minimum Gasteiger partial charge on any atom is -0.311 e. The van der Waals surface area contributed by atoms with Crippen molar-refractivity contribution in [3.63, 3.8) is 0 Å². The van der Waals surface area contributed by atoms with E-state index in [1.165, 1.54) is 56.8 Å². The Balaban J connectivity index is 1.64. The highest BCUT2D eigenvalue weighted by Gasteiger charge is 2.22. The molecule has 2 aliphatic rings. The summed E-state index contributed by atoms with van der Waals surface area (Å²) in [6.07, 6.45) is 5.49. The molecule has 17 heavy (non-hydrogen) atoms. The number of hydrogen-bond donors (Lipinski definition) is 1. The molecule has 2 fully saturated rings. The molecule has 0 spiro atoms. The van der Waals surface area contributed by atoms with Crippen molar-refractivity contribution in [3.05, 3.63) is 0 Å². The van der Waals surface area contributed by atoms with Crippen LogP contribution in [0.4, 0.5) is 0 Å². The Hall–Kier alpha value is 0.270. The van der Waals surface area contributed by atoms with E-state index in [9.17, 15) is 0 Å². The Bertz CT molecular complexity index is 206. The van der Waals surface area contributed by atoms with Crippen LogP contribution in [0.15, 0.2) is 0 Å². The molecule has 0 unspecified atom stereocenters. The maximum Gasteiger partial charge on any atom is 0.00940 e. The molecule has 0 saturated carbocycles. The maximum absolute atomic E-state index is 3.89. The van der Waals surface area contributed by atoms with Gasteiger partial charge in [0.05, 0.1) is 0 Å². The van der Waals surface area contributed by atoms with Gasteiger partial charge in [-0.2, -0.15) is 11.8 Å². The lowest BCUT2D eigenvalue weighted by Crippen LogP contribution is -2.47. The molecule has 2 heterocycles. The summed E-state index contributed by atoms with van der Waals surface area (Å²) in [5, 5.41) is 3.89. The minimum atomic E-state index is 0.798. The van der Waals surface area contributed by atoms with E-state index in [4.69, 9.17) is 0 Å². The molecule has 0 radical (unpaired) electrons. The largest absolute Gasteiger partial charge is 0.311 e. The zero-order chi connectivity index (χ0) is 12.1. The first-order chi connectivity index (χ1) is 8.24. The van der Waals surface area contributed by atoms with Crippen LogP contribution in [0, 0.1) is 5.92 Å². The molecule has 0 aromatic rings. The Morgan fingerprint density at radius 1 is 1.06 bits per heavy atom. The molecule has 2 aliphatic heterocycles. The van der Waals surface area contributed by atoms with Crippen molar-refractivity contribution in [3.8, 4) is 0 Å². The Labute approximate surface area is 111 Å². The van der Waals surface area contributed by atoms with E-state index in [2.05, 4.69) is 35.8 Å². The number of nitrogens with one attached hydrogen (secondary N) is 1. The molecule has 0 aliphatic carbocycles. The average molecular weight is 256 g/mol. The van der Waals surface area contributed by atoms with Crippen LogP contribution in [-0.2, 0) is 0 Å². The summed E-state index contributed by atoms with van der Waals surface area (Å²) in [6, 6.07) is 1.62. The molecule has 1 N–H and O–H groups in total. The standard InChI is InChI=1S/C14H28N2S/c1-12(2)11-16-7-3-13(4-8-16)15-14-5-9-17-10-6-14/h12-15H,3-11H2,1-2H3. The van der Waals surface area contributed by atoms with Gasteiger partial charge in [-0.3, -0.25) is 0 Å². The summed E-state index contributed by atoms with van der Waals surface area (Å²) in [7, 11) is 0. The van der Waals surface area contributed by atoms with Crippen LogP contribution >= 0.6 is 11.8 Å². The van der Waals surface area contributed by atoms with Crippen molar-refractivity contribution in [2.24, 2.45) is 5.92 Å². The lowest BCUT2D eigenvalue weighted by atomic mass is 10.0. The quantitative estimate of drug-likeness (QED) is 0.832. The highest BCUT2D eigenvalue weighted by molar-refractivity contribution is 7.99. The van der Waals surface area contributed by atoms with Crippen molar-refractivity contribution in [1.82, 2.24) is 10.2 Å². The van der Waals surface area contributed by atoms with Gasteiger partial charge in [-0.05, 0) is 56.2 Å². The Kier molecular flexibility index (Phi) is 5.64. The van der Waals surface area contributed by atoms with Gasteiger partial charge in [0.1, 0.15) is 0 Å². The molecule has 0 bridgehead atoms. The third-order valence-corrected chi connectivity index (χ3v) is 4.95. The van der Waals surface area contributed by atoms with E-state index in [1.54, 1.807) is 0 Å². The van der Waals surface area contributed by atoms with Crippen LogP contribution in [0.5, 0.6) is 0 Å². The lowest BCUT2D eigenvalue weighted by molar-refractivity contribution is 0.173. The smallest absolute Gasteiger partial charge is 0.00940 e. The van der Waals surface area contributed by atoms with E-state index >= 15 is 0 Å². The number of piperidine rings is 1. The van der Waals surface area contributed by atoms with Gasteiger partial charge >= 0.3 is 0 Å². The summed E-state index contributed by atoms with van der Waals surface area (Å²) in [5.41, 5.74) is 0. The van der Waals surface area contributed by atoms with E-state index < -0.39 is 0 Å².